The van der Waals surface area contributed by atoms with Crippen molar-refractivity contribution in [3.63, 3.8) is 0 Å². The number of rotatable bonds is 9. The van der Waals surface area contributed by atoms with E-state index in [1.165, 1.54) is 51.4 Å². The Balaban J connectivity index is 1.96. The third-order valence-corrected chi connectivity index (χ3v) is 3.93. The van der Waals surface area contributed by atoms with E-state index < -0.39 is 0 Å². The van der Waals surface area contributed by atoms with Gasteiger partial charge in [-0.05, 0) is 18.8 Å². The summed E-state index contributed by atoms with van der Waals surface area (Å²) < 4.78 is 5.02. The smallest absolute Gasteiger partial charge is 0.309 e. The first-order valence-electron chi connectivity index (χ1n) is 7.42. The number of hydrogen-bond acceptors (Lipinski definition) is 2. The quantitative estimate of drug-likeness (QED) is 0.443. The highest BCUT2D eigenvalue weighted by atomic mass is 16.5. The van der Waals surface area contributed by atoms with Gasteiger partial charge in [0.1, 0.15) is 0 Å². The van der Waals surface area contributed by atoms with Crippen LogP contribution in [0.2, 0.25) is 0 Å². The van der Waals surface area contributed by atoms with Gasteiger partial charge in [-0.1, -0.05) is 58.8 Å². The van der Waals surface area contributed by atoms with Gasteiger partial charge in [0, 0.05) is 0 Å². The van der Waals surface area contributed by atoms with Crippen molar-refractivity contribution >= 4 is 5.97 Å². The zero-order valence-electron chi connectivity index (χ0n) is 11.5. The molecule has 0 aromatic heterocycles. The second-order valence-electron chi connectivity index (χ2n) is 5.45. The molecule has 0 bridgehead atoms. The number of cyclic esters (lactones) is 1. The highest BCUT2D eigenvalue weighted by molar-refractivity contribution is 5.74. The first-order chi connectivity index (χ1) is 8.25. The van der Waals surface area contributed by atoms with Crippen molar-refractivity contribution in [3.05, 3.63) is 0 Å². The Kier molecular flexibility index (Phi) is 7.30. The summed E-state index contributed by atoms with van der Waals surface area (Å²) in [6, 6.07) is 0. The third kappa shape index (κ3) is 5.56. The second-order valence-corrected chi connectivity index (χ2v) is 5.45. The molecule has 0 aromatic rings. The van der Waals surface area contributed by atoms with Crippen LogP contribution in [0, 0.1) is 11.8 Å². The molecule has 1 saturated heterocycles. The number of hydrogen-bond donors (Lipinski definition) is 0. The molecule has 1 heterocycles. The summed E-state index contributed by atoms with van der Waals surface area (Å²) in [5, 5.41) is 0. The lowest BCUT2D eigenvalue weighted by Crippen LogP contribution is -2.16. The number of ether oxygens (including phenoxy) is 1. The van der Waals surface area contributed by atoms with Crippen LogP contribution in [0.25, 0.3) is 0 Å². The lowest BCUT2D eigenvalue weighted by atomic mass is 9.88. The lowest BCUT2D eigenvalue weighted by molar-refractivity contribution is -0.142. The summed E-state index contributed by atoms with van der Waals surface area (Å²) in [5.41, 5.74) is 0. The fraction of sp³-hybridized carbons (Fsp3) is 0.933. The number of unbranched alkanes of at least 4 members (excludes halogenated alkanes) is 6. The highest BCUT2D eigenvalue weighted by Gasteiger charge is 2.30. The average molecular weight is 240 g/mol. The van der Waals surface area contributed by atoms with Gasteiger partial charge in [0.25, 0.3) is 0 Å². The van der Waals surface area contributed by atoms with Crippen LogP contribution in [0.3, 0.4) is 0 Å². The molecule has 1 rings (SSSR count). The molecule has 2 heteroatoms. The van der Waals surface area contributed by atoms with Gasteiger partial charge in [0.2, 0.25) is 0 Å². The van der Waals surface area contributed by atoms with E-state index in [4.69, 9.17) is 4.74 Å². The lowest BCUT2D eigenvalue weighted by Gasteiger charge is -2.15. The van der Waals surface area contributed by atoms with Gasteiger partial charge in [0.05, 0.1) is 12.5 Å². The molecule has 1 aliphatic rings. The van der Waals surface area contributed by atoms with Gasteiger partial charge >= 0.3 is 5.97 Å². The predicted octanol–water partition coefficient (Wildman–Crippen LogP) is 4.33. The van der Waals surface area contributed by atoms with Crippen LogP contribution in [0.1, 0.15) is 71.6 Å². The number of carbonyl (C=O) groups excluding carboxylic acids is 1. The first-order valence-corrected chi connectivity index (χ1v) is 7.42. The van der Waals surface area contributed by atoms with Crippen molar-refractivity contribution in [2.45, 2.75) is 71.6 Å². The van der Waals surface area contributed by atoms with Gasteiger partial charge in [-0.2, -0.15) is 0 Å². The van der Waals surface area contributed by atoms with E-state index in [2.05, 4.69) is 13.8 Å². The van der Waals surface area contributed by atoms with Crippen LogP contribution in [0.4, 0.5) is 0 Å². The van der Waals surface area contributed by atoms with Crippen LogP contribution in [0.5, 0.6) is 0 Å². The molecule has 1 aliphatic heterocycles. The number of carbonyl (C=O) groups is 1. The van der Waals surface area contributed by atoms with Crippen LogP contribution in [-0.4, -0.2) is 12.6 Å². The molecule has 2 atom stereocenters. The van der Waals surface area contributed by atoms with Crippen molar-refractivity contribution in [1.29, 1.82) is 0 Å². The normalized spacial score (nSPS) is 21.5. The largest absolute Gasteiger partial charge is 0.465 e. The SMILES string of the molecule is CCCCCCCCCC(C)C1CCOC1=O. The van der Waals surface area contributed by atoms with Crippen molar-refractivity contribution in [2.24, 2.45) is 11.8 Å². The molecule has 17 heavy (non-hydrogen) atoms. The Morgan fingerprint density at radius 3 is 2.41 bits per heavy atom. The van der Waals surface area contributed by atoms with E-state index in [0.717, 1.165) is 6.42 Å². The van der Waals surface area contributed by atoms with Gasteiger partial charge in [-0.15, -0.1) is 0 Å². The molecule has 0 amide bonds. The second kappa shape index (κ2) is 8.54. The predicted molar refractivity (Wildman–Crippen MR) is 70.8 cm³/mol. The van der Waals surface area contributed by atoms with E-state index in [-0.39, 0.29) is 11.9 Å². The van der Waals surface area contributed by atoms with Crippen LogP contribution >= 0.6 is 0 Å². The van der Waals surface area contributed by atoms with E-state index in [0.29, 0.717) is 12.5 Å². The van der Waals surface area contributed by atoms with Crippen LogP contribution < -0.4 is 0 Å². The monoisotopic (exact) mass is 240 g/mol. The Bertz CT molecular complexity index is 213. The molecule has 0 N–H and O–H groups in total. The Morgan fingerprint density at radius 1 is 1.18 bits per heavy atom. The molecule has 0 radical (unpaired) electrons. The topological polar surface area (TPSA) is 26.3 Å². The number of esters is 1. The third-order valence-electron chi connectivity index (χ3n) is 3.93. The van der Waals surface area contributed by atoms with E-state index in [1.54, 1.807) is 0 Å². The van der Waals surface area contributed by atoms with Crippen LogP contribution in [0.15, 0.2) is 0 Å². The van der Waals surface area contributed by atoms with Gasteiger partial charge in [0.15, 0.2) is 0 Å². The zero-order valence-corrected chi connectivity index (χ0v) is 11.5. The van der Waals surface area contributed by atoms with E-state index in [1.807, 2.05) is 0 Å². The molecule has 0 aromatic carbocycles. The fourth-order valence-corrected chi connectivity index (χ4v) is 2.65. The first kappa shape index (κ1) is 14.5. The average Bonchev–Trinajstić information content (AvgIpc) is 2.74. The Morgan fingerprint density at radius 2 is 1.82 bits per heavy atom. The summed E-state index contributed by atoms with van der Waals surface area (Å²) >= 11 is 0. The summed E-state index contributed by atoms with van der Waals surface area (Å²) in [4.78, 5) is 11.4. The summed E-state index contributed by atoms with van der Waals surface area (Å²) in [7, 11) is 0. The molecule has 2 nitrogen and oxygen atoms in total. The molecule has 1 fully saturated rings. The minimum absolute atomic E-state index is 0.0421. The summed E-state index contributed by atoms with van der Waals surface area (Å²) in [6.07, 6.45) is 11.6. The van der Waals surface area contributed by atoms with Crippen molar-refractivity contribution < 1.29 is 9.53 Å². The maximum absolute atomic E-state index is 11.4. The molecule has 2 unspecified atom stereocenters. The van der Waals surface area contributed by atoms with Crippen LogP contribution in [-0.2, 0) is 9.53 Å². The van der Waals surface area contributed by atoms with E-state index >= 15 is 0 Å². The minimum atomic E-state index is 0.0421. The summed E-state index contributed by atoms with van der Waals surface area (Å²) in [6.45, 7) is 5.10. The van der Waals surface area contributed by atoms with Gasteiger partial charge in [-0.3, -0.25) is 4.79 Å². The molecule has 100 valence electrons. The maximum atomic E-state index is 11.4. The van der Waals surface area contributed by atoms with Crippen molar-refractivity contribution in [1.82, 2.24) is 0 Å². The fourth-order valence-electron chi connectivity index (χ4n) is 2.65. The molecule has 0 aliphatic carbocycles. The van der Waals surface area contributed by atoms with E-state index in [9.17, 15) is 4.79 Å². The van der Waals surface area contributed by atoms with Gasteiger partial charge in [-0.25, -0.2) is 0 Å². The Hall–Kier alpha value is -0.530. The molecule has 0 spiro atoms. The Labute approximate surface area is 106 Å². The molecular weight excluding hydrogens is 212 g/mol. The van der Waals surface area contributed by atoms with Crippen molar-refractivity contribution in [2.75, 3.05) is 6.61 Å². The standard InChI is InChI=1S/C15H28O2/c1-3-4-5-6-7-8-9-10-13(2)14-11-12-17-15(14)16/h13-14H,3-12H2,1-2H3. The molecular formula is C15H28O2. The minimum Gasteiger partial charge on any atom is -0.465 e. The summed E-state index contributed by atoms with van der Waals surface area (Å²) in [5.74, 6) is 0.746. The van der Waals surface area contributed by atoms with Crippen molar-refractivity contribution in [3.8, 4) is 0 Å². The van der Waals surface area contributed by atoms with Gasteiger partial charge < -0.3 is 4.74 Å². The molecule has 0 saturated carbocycles. The highest BCUT2D eigenvalue weighted by Crippen LogP contribution is 2.27. The maximum Gasteiger partial charge on any atom is 0.309 e. The zero-order chi connectivity index (χ0) is 12.5.